The molecule has 0 spiro atoms. The zero-order valence-corrected chi connectivity index (χ0v) is 11.7. The Bertz CT molecular complexity index is 526. The monoisotopic (exact) mass is 273 g/mol. The fourth-order valence-electron chi connectivity index (χ4n) is 1.77. The molecule has 1 atom stereocenters. The molecular formula is C15H19N3O2. The molecule has 0 saturated heterocycles. The normalized spacial score (nSPS) is 11.9. The Morgan fingerprint density at radius 1 is 1.10 bits per heavy atom. The van der Waals surface area contributed by atoms with Gasteiger partial charge in [-0.15, -0.1) is 10.2 Å². The fourth-order valence-corrected chi connectivity index (χ4v) is 1.77. The summed E-state index contributed by atoms with van der Waals surface area (Å²) < 4.78 is 10.5. The number of methoxy groups -OCH3 is 1. The number of benzene rings is 1. The molecule has 1 aromatic carbocycles. The van der Waals surface area contributed by atoms with Gasteiger partial charge >= 0.3 is 0 Å². The van der Waals surface area contributed by atoms with Gasteiger partial charge in [-0.25, -0.2) is 0 Å². The van der Waals surface area contributed by atoms with Gasteiger partial charge < -0.3 is 15.2 Å². The maximum absolute atomic E-state index is 6.17. The summed E-state index contributed by atoms with van der Waals surface area (Å²) in [7, 11) is 1.55. The quantitative estimate of drug-likeness (QED) is 0.874. The van der Waals surface area contributed by atoms with E-state index >= 15 is 0 Å². The van der Waals surface area contributed by atoms with Crippen molar-refractivity contribution < 1.29 is 9.47 Å². The van der Waals surface area contributed by atoms with Crippen molar-refractivity contribution in [3.63, 3.8) is 0 Å². The van der Waals surface area contributed by atoms with Crippen LogP contribution >= 0.6 is 0 Å². The molecule has 2 aromatic rings. The number of nitrogens with two attached hydrogens (primary N) is 1. The Balaban J connectivity index is 2.09. The van der Waals surface area contributed by atoms with E-state index in [1.165, 1.54) is 0 Å². The van der Waals surface area contributed by atoms with Crippen LogP contribution < -0.4 is 15.2 Å². The zero-order chi connectivity index (χ0) is 14.4. The van der Waals surface area contributed by atoms with Crippen LogP contribution in [0, 0.1) is 0 Å². The average molecular weight is 273 g/mol. The fraction of sp³-hybridized carbons (Fsp3) is 0.333. The van der Waals surface area contributed by atoms with Crippen LogP contribution in [0.5, 0.6) is 11.6 Å². The molecule has 5 nitrogen and oxygen atoms in total. The first-order chi connectivity index (χ1) is 9.74. The third-order valence-corrected chi connectivity index (χ3v) is 2.90. The maximum Gasteiger partial charge on any atom is 0.233 e. The summed E-state index contributed by atoms with van der Waals surface area (Å²) in [6.07, 6.45) is 0.989. The molecule has 1 unspecified atom stereocenters. The van der Waals surface area contributed by atoms with Crippen LogP contribution in [0.1, 0.15) is 30.6 Å². The molecule has 5 heteroatoms. The van der Waals surface area contributed by atoms with Gasteiger partial charge in [0.25, 0.3) is 0 Å². The molecule has 0 aliphatic rings. The van der Waals surface area contributed by atoms with Gasteiger partial charge in [-0.2, -0.15) is 0 Å². The molecule has 1 aromatic heterocycles. The molecule has 106 valence electrons. The highest BCUT2D eigenvalue weighted by molar-refractivity contribution is 5.33. The van der Waals surface area contributed by atoms with E-state index in [0.29, 0.717) is 11.6 Å². The van der Waals surface area contributed by atoms with Crippen molar-refractivity contribution in [1.82, 2.24) is 10.2 Å². The Kier molecular flexibility index (Phi) is 4.90. The van der Waals surface area contributed by atoms with E-state index < -0.39 is 0 Å². The number of hydrogen-bond donors (Lipinski definition) is 1. The molecule has 2 N–H and O–H groups in total. The van der Waals surface area contributed by atoms with E-state index in [9.17, 15) is 0 Å². The standard InChI is InChI=1S/C15H19N3O2/c1-3-10-20-12-6-4-11(5-7-12)15(16)13-8-9-14(19-2)18-17-13/h4-9,15H,3,10,16H2,1-2H3. The molecule has 0 radical (unpaired) electrons. The van der Waals surface area contributed by atoms with E-state index in [0.717, 1.165) is 24.3 Å². The van der Waals surface area contributed by atoms with E-state index in [-0.39, 0.29) is 6.04 Å². The second kappa shape index (κ2) is 6.86. The largest absolute Gasteiger partial charge is 0.494 e. The molecule has 0 bridgehead atoms. The molecule has 0 fully saturated rings. The highest BCUT2D eigenvalue weighted by atomic mass is 16.5. The molecule has 0 amide bonds. The van der Waals surface area contributed by atoms with Crippen LogP contribution in [0.3, 0.4) is 0 Å². The Hall–Kier alpha value is -2.14. The van der Waals surface area contributed by atoms with Gasteiger partial charge in [0.15, 0.2) is 0 Å². The van der Waals surface area contributed by atoms with Crippen molar-refractivity contribution in [2.45, 2.75) is 19.4 Å². The van der Waals surface area contributed by atoms with Crippen molar-refractivity contribution in [2.75, 3.05) is 13.7 Å². The third-order valence-electron chi connectivity index (χ3n) is 2.90. The predicted octanol–water partition coefficient (Wildman–Crippen LogP) is 2.32. The second-order valence-electron chi connectivity index (χ2n) is 4.40. The van der Waals surface area contributed by atoms with E-state index in [1.807, 2.05) is 30.3 Å². The van der Waals surface area contributed by atoms with Gasteiger partial charge in [-0.05, 0) is 30.2 Å². The predicted molar refractivity (Wildman–Crippen MR) is 76.8 cm³/mol. The number of hydrogen-bond acceptors (Lipinski definition) is 5. The number of nitrogens with zero attached hydrogens (tertiary/aromatic N) is 2. The lowest BCUT2D eigenvalue weighted by molar-refractivity contribution is 0.317. The van der Waals surface area contributed by atoms with E-state index in [2.05, 4.69) is 17.1 Å². The first-order valence-corrected chi connectivity index (χ1v) is 6.60. The molecular weight excluding hydrogens is 254 g/mol. The van der Waals surface area contributed by atoms with Crippen molar-refractivity contribution >= 4 is 0 Å². The molecule has 20 heavy (non-hydrogen) atoms. The highest BCUT2D eigenvalue weighted by Crippen LogP contribution is 2.21. The first-order valence-electron chi connectivity index (χ1n) is 6.60. The summed E-state index contributed by atoms with van der Waals surface area (Å²) >= 11 is 0. The topological polar surface area (TPSA) is 70.3 Å². The lowest BCUT2D eigenvalue weighted by Gasteiger charge is -2.12. The van der Waals surface area contributed by atoms with Crippen molar-refractivity contribution in [2.24, 2.45) is 5.73 Å². The van der Waals surface area contributed by atoms with Crippen molar-refractivity contribution in [3.8, 4) is 11.6 Å². The minimum atomic E-state index is -0.311. The molecule has 0 aliphatic carbocycles. The minimum Gasteiger partial charge on any atom is -0.494 e. The number of rotatable bonds is 6. The van der Waals surface area contributed by atoms with Crippen molar-refractivity contribution in [1.29, 1.82) is 0 Å². The van der Waals surface area contributed by atoms with Crippen LogP contribution in [0.2, 0.25) is 0 Å². The highest BCUT2D eigenvalue weighted by Gasteiger charge is 2.11. The minimum absolute atomic E-state index is 0.311. The zero-order valence-electron chi connectivity index (χ0n) is 11.7. The van der Waals surface area contributed by atoms with Gasteiger partial charge in [0.2, 0.25) is 5.88 Å². The third kappa shape index (κ3) is 3.45. The Labute approximate surface area is 118 Å². The van der Waals surface area contributed by atoms with Gasteiger partial charge in [0.1, 0.15) is 5.75 Å². The molecule has 1 heterocycles. The summed E-state index contributed by atoms with van der Waals surface area (Å²) in [5, 5.41) is 7.99. The lowest BCUT2D eigenvalue weighted by atomic mass is 10.0. The summed E-state index contributed by atoms with van der Waals surface area (Å²) in [5.74, 6) is 1.33. The van der Waals surface area contributed by atoms with Crippen LogP contribution in [0.15, 0.2) is 36.4 Å². The van der Waals surface area contributed by atoms with Gasteiger partial charge in [-0.1, -0.05) is 19.1 Å². The smallest absolute Gasteiger partial charge is 0.233 e. The van der Waals surface area contributed by atoms with Gasteiger partial charge in [0.05, 0.1) is 25.5 Å². The summed E-state index contributed by atoms with van der Waals surface area (Å²) in [4.78, 5) is 0. The summed E-state index contributed by atoms with van der Waals surface area (Å²) in [5.41, 5.74) is 7.84. The van der Waals surface area contributed by atoms with Crippen LogP contribution in [-0.2, 0) is 0 Å². The van der Waals surface area contributed by atoms with Crippen molar-refractivity contribution in [3.05, 3.63) is 47.7 Å². The van der Waals surface area contributed by atoms with Gasteiger partial charge in [-0.3, -0.25) is 0 Å². The maximum atomic E-state index is 6.17. The van der Waals surface area contributed by atoms with Crippen LogP contribution in [0.25, 0.3) is 0 Å². The Morgan fingerprint density at radius 3 is 2.40 bits per heavy atom. The van der Waals surface area contributed by atoms with E-state index in [4.69, 9.17) is 15.2 Å². The van der Waals surface area contributed by atoms with Crippen LogP contribution in [0.4, 0.5) is 0 Å². The number of aromatic nitrogens is 2. The first kappa shape index (κ1) is 14.3. The van der Waals surface area contributed by atoms with Crippen LogP contribution in [-0.4, -0.2) is 23.9 Å². The SMILES string of the molecule is CCCOc1ccc(C(N)c2ccc(OC)nn2)cc1. The van der Waals surface area contributed by atoms with Gasteiger partial charge in [0, 0.05) is 6.07 Å². The lowest BCUT2D eigenvalue weighted by Crippen LogP contribution is -2.14. The Morgan fingerprint density at radius 2 is 1.85 bits per heavy atom. The molecule has 2 rings (SSSR count). The second-order valence-corrected chi connectivity index (χ2v) is 4.40. The molecule has 0 saturated carbocycles. The average Bonchev–Trinajstić information content (AvgIpc) is 2.53. The number of ether oxygens (including phenoxy) is 2. The summed E-state index contributed by atoms with van der Waals surface area (Å²) in [6.45, 7) is 2.79. The van der Waals surface area contributed by atoms with E-state index in [1.54, 1.807) is 13.2 Å². The summed E-state index contributed by atoms with van der Waals surface area (Å²) in [6, 6.07) is 11.0. The molecule has 0 aliphatic heterocycles.